The van der Waals surface area contributed by atoms with Crippen LogP contribution in [0.25, 0.3) is 0 Å². The van der Waals surface area contributed by atoms with Crippen molar-refractivity contribution in [1.29, 1.82) is 0 Å². The summed E-state index contributed by atoms with van der Waals surface area (Å²) >= 11 is 0. The predicted octanol–water partition coefficient (Wildman–Crippen LogP) is 4.19. The van der Waals surface area contributed by atoms with Gasteiger partial charge in [0.15, 0.2) is 0 Å². The molecule has 0 heterocycles. The molecule has 0 aliphatic carbocycles. The first kappa shape index (κ1) is 22.4. The summed E-state index contributed by atoms with van der Waals surface area (Å²) in [5, 5.41) is 10.2. The number of unbranched alkanes of at least 4 members (excludes halogenated alkanes) is 9. The van der Waals surface area contributed by atoms with Crippen molar-refractivity contribution in [1.82, 2.24) is 0 Å². The largest absolute Gasteiger partial charge is 0.545 e. The number of nitrogen functional groups attached to an aromatic ring is 1. The average molecular weight is 336 g/mol. The molecule has 1 aromatic rings. The van der Waals surface area contributed by atoms with Gasteiger partial charge in [-0.3, -0.25) is 0 Å². The van der Waals surface area contributed by atoms with Crippen LogP contribution >= 0.6 is 0 Å². The van der Waals surface area contributed by atoms with Crippen molar-refractivity contribution < 1.29 is 14.6 Å². The van der Waals surface area contributed by atoms with Crippen LogP contribution in [0.1, 0.15) is 81.5 Å². The third-order valence-electron chi connectivity index (χ3n) is 3.85. The maximum Gasteiger partial charge on any atom is 0.0715 e. The van der Waals surface area contributed by atoms with Crippen LogP contribution in [-0.2, 0) is 4.74 Å². The second kappa shape index (κ2) is 16.3. The number of hydrogen-bond acceptors (Lipinski definition) is 4. The molecule has 0 saturated heterocycles. The van der Waals surface area contributed by atoms with Gasteiger partial charge in [0, 0.05) is 19.4 Å². The van der Waals surface area contributed by atoms with E-state index < -0.39 is 5.97 Å². The molecule has 0 fully saturated rings. The third-order valence-corrected chi connectivity index (χ3v) is 3.85. The number of ether oxygens (including phenoxy) is 1. The summed E-state index contributed by atoms with van der Waals surface area (Å²) in [6.07, 6.45) is 14.0. The highest BCUT2D eigenvalue weighted by Gasteiger charge is 1.92. The Labute approximate surface area is 147 Å². The normalized spacial score (nSPS) is 10.1. The molecule has 0 radical (unpaired) electrons. The molecule has 0 aromatic heterocycles. The molecule has 0 bridgehead atoms. The molecule has 24 heavy (non-hydrogen) atoms. The van der Waals surface area contributed by atoms with Gasteiger partial charge in [0.2, 0.25) is 0 Å². The average Bonchev–Trinajstić information content (AvgIpc) is 2.57. The number of carboxylic acid groups (broad SMARTS) is 1. The van der Waals surface area contributed by atoms with Gasteiger partial charge in [-0.2, -0.15) is 0 Å². The molecule has 0 amide bonds. The van der Waals surface area contributed by atoms with Crippen LogP contribution in [0.15, 0.2) is 24.3 Å². The van der Waals surface area contributed by atoms with Crippen LogP contribution in [0, 0.1) is 0 Å². The van der Waals surface area contributed by atoms with E-state index in [-0.39, 0.29) is 5.56 Å². The molecular formula is C20H34NO3-. The monoisotopic (exact) mass is 336 g/mol. The summed E-state index contributed by atoms with van der Waals surface area (Å²) in [6.45, 7) is 3.21. The fraction of sp³-hybridized carbons (Fsp3) is 0.650. The van der Waals surface area contributed by atoms with E-state index in [1.165, 1.54) is 88.5 Å². The van der Waals surface area contributed by atoms with Crippen LogP contribution in [0.3, 0.4) is 0 Å². The zero-order valence-electron chi connectivity index (χ0n) is 15.4. The van der Waals surface area contributed by atoms with E-state index in [9.17, 15) is 9.90 Å². The second-order valence-electron chi connectivity index (χ2n) is 6.08. The first-order chi connectivity index (χ1) is 11.6. The molecule has 2 N–H and O–H groups in total. The molecule has 1 aromatic carbocycles. The lowest BCUT2D eigenvalue weighted by Gasteiger charge is -2.01. The zero-order valence-corrected chi connectivity index (χ0v) is 15.4. The second-order valence-corrected chi connectivity index (χ2v) is 6.08. The minimum atomic E-state index is -1.18. The SMILES string of the molecule is CCCCCCCCCCCCOC.Nc1ccc(C(=O)[O-])cc1. The van der Waals surface area contributed by atoms with Gasteiger partial charge in [0.1, 0.15) is 0 Å². The molecule has 0 spiro atoms. The molecule has 1 rings (SSSR count). The van der Waals surface area contributed by atoms with E-state index in [4.69, 9.17) is 10.5 Å². The lowest BCUT2D eigenvalue weighted by Crippen LogP contribution is -2.21. The Morgan fingerprint density at radius 1 is 0.917 bits per heavy atom. The highest BCUT2D eigenvalue weighted by atomic mass is 16.5. The maximum absolute atomic E-state index is 10.2. The molecule has 138 valence electrons. The van der Waals surface area contributed by atoms with Gasteiger partial charge in [-0.25, -0.2) is 0 Å². The topological polar surface area (TPSA) is 75.4 Å². The van der Waals surface area contributed by atoms with Gasteiger partial charge in [0.05, 0.1) is 5.97 Å². The van der Waals surface area contributed by atoms with Crippen molar-refractivity contribution in [3.05, 3.63) is 29.8 Å². The number of carbonyl (C=O) groups excluding carboxylic acids is 1. The van der Waals surface area contributed by atoms with Gasteiger partial charge in [-0.1, -0.05) is 76.8 Å². The van der Waals surface area contributed by atoms with Gasteiger partial charge < -0.3 is 20.4 Å². The highest BCUT2D eigenvalue weighted by molar-refractivity contribution is 5.86. The van der Waals surface area contributed by atoms with Crippen molar-refractivity contribution in [2.24, 2.45) is 0 Å². The first-order valence-corrected chi connectivity index (χ1v) is 9.17. The fourth-order valence-corrected chi connectivity index (χ4v) is 2.35. The van der Waals surface area contributed by atoms with Crippen LogP contribution in [0.2, 0.25) is 0 Å². The van der Waals surface area contributed by atoms with E-state index in [1.807, 2.05) is 0 Å². The van der Waals surface area contributed by atoms with Crippen LogP contribution < -0.4 is 10.8 Å². The standard InChI is InChI=1S/C13H28O.C7H7NO2/c1-3-4-5-6-7-8-9-10-11-12-13-14-2;8-6-3-1-5(2-4-6)7(9)10/h3-13H2,1-2H3;1-4H,8H2,(H,9,10)/p-1. The number of aromatic carboxylic acids is 1. The van der Waals surface area contributed by atoms with Crippen molar-refractivity contribution >= 4 is 11.7 Å². The third kappa shape index (κ3) is 14.1. The number of carbonyl (C=O) groups is 1. The Balaban J connectivity index is 0.000000463. The molecule has 0 atom stereocenters. The van der Waals surface area contributed by atoms with E-state index in [0.717, 1.165) is 6.61 Å². The Morgan fingerprint density at radius 2 is 1.38 bits per heavy atom. The van der Waals surface area contributed by atoms with Crippen LogP contribution in [0.5, 0.6) is 0 Å². The van der Waals surface area contributed by atoms with E-state index >= 15 is 0 Å². The number of rotatable bonds is 12. The number of hydrogen-bond donors (Lipinski definition) is 1. The lowest BCUT2D eigenvalue weighted by atomic mass is 10.1. The Morgan fingerprint density at radius 3 is 1.79 bits per heavy atom. The van der Waals surface area contributed by atoms with Gasteiger partial charge in [0.25, 0.3) is 0 Å². The maximum atomic E-state index is 10.2. The van der Waals surface area contributed by atoms with Crippen molar-refractivity contribution in [2.45, 2.75) is 71.1 Å². The van der Waals surface area contributed by atoms with Crippen molar-refractivity contribution in [2.75, 3.05) is 19.5 Å². The van der Waals surface area contributed by atoms with Gasteiger partial charge >= 0.3 is 0 Å². The van der Waals surface area contributed by atoms with Crippen molar-refractivity contribution in [3.63, 3.8) is 0 Å². The molecular weight excluding hydrogens is 302 g/mol. The van der Waals surface area contributed by atoms with E-state index in [0.29, 0.717) is 5.69 Å². The van der Waals surface area contributed by atoms with Gasteiger partial charge in [-0.05, 0) is 24.1 Å². The summed E-state index contributed by atoms with van der Waals surface area (Å²) in [7, 11) is 1.79. The molecule has 0 aliphatic rings. The Kier molecular flexibility index (Phi) is 15.3. The summed E-state index contributed by atoms with van der Waals surface area (Å²) in [5.74, 6) is -1.18. The Bertz CT molecular complexity index is 392. The number of carboxylic acids is 1. The molecule has 0 unspecified atom stereocenters. The van der Waals surface area contributed by atoms with Crippen LogP contribution in [-0.4, -0.2) is 19.7 Å². The number of anilines is 1. The summed E-state index contributed by atoms with van der Waals surface area (Å²) in [4.78, 5) is 10.2. The first-order valence-electron chi connectivity index (χ1n) is 9.17. The predicted molar refractivity (Wildman–Crippen MR) is 98.9 cm³/mol. The number of nitrogens with two attached hydrogens (primary N) is 1. The minimum Gasteiger partial charge on any atom is -0.545 e. The van der Waals surface area contributed by atoms with E-state index in [2.05, 4.69) is 6.92 Å². The number of methoxy groups -OCH3 is 1. The van der Waals surface area contributed by atoms with Crippen molar-refractivity contribution in [3.8, 4) is 0 Å². The summed E-state index contributed by atoms with van der Waals surface area (Å²) < 4.78 is 5.01. The molecule has 4 nitrogen and oxygen atoms in total. The van der Waals surface area contributed by atoms with E-state index in [1.54, 1.807) is 7.11 Å². The quantitative estimate of drug-likeness (QED) is 0.459. The fourth-order valence-electron chi connectivity index (χ4n) is 2.35. The van der Waals surface area contributed by atoms with Gasteiger partial charge in [-0.15, -0.1) is 0 Å². The molecule has 0 aliphatic heterocycles. The molecule has 4 heteroatoms. The molecule has 0 saturated carbocycles. The lowest BCUT2D eigenvalue weighted by molar-refractivity contribution is -0.255. The highest BCUT2D eigenvalue weighted by Crippen LogP contribution is 2.10. The summed E-state index contributed by atoms with van der Waals surface area (Å²) in [5.41, 5.74) is 6.01. The number of benzene rings is 1. The smallest absolute Gasteiger partial charge is 0.0715 e. The zero-order chi connectivity index (χ0) is 18.0. The summed E-state index contributed by atoms with van der Waals surface area (Å²) in [6, 6.07) is 5.85. The van der Waals surface area contributed by atoms with Crippen LogP contribution in [0.4, 0.5) is 5.69 Å². The minimum absolute atomic E-state index is 0.147. The Hall–Kier alpha value is -1.55.